The van der Waals surface area contributed by atoms with Crippen LogP contribution in [0.25, 0.3) is 0 Å². The normalized spacial score (nSPS) is 18.7. The van der Waals surface area contributed by atoms with Crippen LogP contribution in [0.3, 0.4) is 0 Å². The summed E-state index contributed by atoms with van der Waals surface area (Å²) in [5.74, 6) is 0.901. The zero-order chi connectivity index (χ0) is 17.2. The van der Waals surface area contributed by atoms with Gasteiger partial charge in [-0.2, -0.15) is 5.10 Å². The van der Waals surface area contributed by atoms with E-state index >= 15 is 0 Å². The second-order valence-electron chi connectivity index (χ2n) is 6.79. The standard InChI is InChI=1S/C18H34N6.HI/c1-16-14-22-24(15-16)13-7-10-21-18(19-3)20-9-6-12-23-11-5-4-8-17(23)2;/h14-15,17H,4-13H2,1-3H3,(H2,19,20,21);1H. The highest BCUT2D eigenvalue weighted by Gasteiger charge is 2.16. The van der Waals surface area contributed by atoms with Crippen LogP contribution in [-0.2, 0) is 6.54 Å². The molecule has 1 aliphatic rings. The van der Waals surface area contributed by atoms with Crippen molar-refractivity contribution < 1.29 is 0 Å². The molecule has 7 heteroatoms. The summed E-state index contributed by atoms with van der Waals surface area (Å²) in [5, 5.41) is 11.1. The Morgan fingerprint density at radius 3 is 2.56 bits per heavy atom. The molecule has 0 aliphatic carbocycles. The van der Waals surface area contributed by atoms with Gasteiger partial charge in [-0.05, 0) is 51.6 Å². The number of hydrogen-bond donors (Lipinski definition) is 2. The first-order chi connectivity index (χ1) is 11.7. The molecule has 0 spiro atoms. The van der Waals surface area contributed by atoms with Crippen LogP contribution in [-0.4, -0.2) is 59.9 Å². The second-order valence-corrected chi connectivity index (χ2v) is 6.79. The molecular formula is C18H35IN6. The molecular weight excluding hydrogens is 427 g/mol. The number of halogens is 1. The molecule has 1 aromatic rings. The van der Waals surface area contributed by atoms with Gasteiger partial charge in [0.2, 0.25) is 0 Å². The molecule has 1 aromatic heterocycles. The Balaban J connectivity index is 0.00000312. The van der Waals surface area contributed by atoms with E-state index in [1.54, 1.807) is 0 Å². The van der Waals surface area contributed by atoms with Crippen LogP contribution in [0.15, 0.2) is 17.4 Å². The van der Waals surface area contributed by atoms with Gasteiger partial charge in [-0.25, -0.2) is 0 Å². The lowest BCUT2D eigenvalue weighted by atomic mass is 10.0. The summed E-state index contributed by atoms with van der Waals surface area (Å²) in [6.07, 6.45) is 10.3. The van der Waals surface area contributed by atoms with Gasteiger partial charge in [-0.15, -0.1) is 24.0 Å². The van der Waals surface area contributed by atoms with E-state index in [-0.39, 0.29) is 24.0 Å². The lowest BCUT2D eigenvalue weighted by molar-refractivity contribution is 0.159. The molecule has 0 saturated carbocycles. The average molecular weight is 462 g/mol. The molecule has 2 heterocycles. The van der Waals surface area contributed by atoms with Gasteiger partial charge in [-0.3, -0.25) is 9.67 Å². The van der Waals surface area contributed by atoms with E-state index in [1.807, 2.05) is 17.9 Å². The maximum atomic E-state index is 4.30. The zero-order valence-corrected chi connectivity index (χ0v) is 18.3. The quantitative estimate of drug-likeness (QED) is 0.270. The van der Waals surface area contributed by atoms with Crippen molar-refractivity contribution in [2.75, 3.05) is 33.2 Å². The minimum atomic E-state index is 0. The van der Waals surface area contributed by atoms with Gasteiger partial charge in [0.05, 0.1) is 6.20 Å². The summed E-state index contributed by atoms with van der Waals surface area (Å²) in [7, 11) is 1.83. The van der Waals surface area contributed by atoms with Gasteiger partial charge in [0.25, 0.3) is 0 Å². The fourth-order valence-electron chi connectivity index (χ4n) is 3.24. The van der Waals surface area contributed by atoms with Gasteiger partial charge in [-0.1, -0.05) is 6.42 Å². The molecule has 0 amide bonds. The second kappa shape index (κ2) is 12.5. The summed E-state index contributed by atoms with van der Waals surface area (Å²) in [5.41, 5.74) is 1.21. The van der Waals surface area contributed by atoms with Gasteiger partial charge in [0.1, 0.15) is 0 Å². The smallest absolute Gasteiger partial charge is 0.190 e. The Morgan fingerprint density at radius 2 is 1.96 bits per heavy atom. The fourth-order valence-corrected chi connectivity index (χ4v) is 3.24. The highest BCUT2D eigenvalue weighted by Crippen LogP contribution is 2.15. The molecule has 1 atom stereocenters. The van der Waals surface area contributed by atoms with Crippen molar-refractivity contribution in [2.24, 2.45) is 4.99 Å². The summed E-state index contributed by atoms with van der Waals surface area (Å²) in [6.45, 7) is 9.69. The predicted octanol–water partition coefficient (Wildman–Crippen LogP) is 2.63. The Morgan fingerprint density at radius 1 is 1.24 bits per heavy atom. The number of piperidine rings is 1. The number of guanidine groups is 1. The zero-order valence-electron chi connectivity index (χ0n) is 16.0. The number of rotatable bonds is 8. The molecule has 6 nitrogen and oxygen atoms in total. The Labute approximate surface area is 169 Å². The van der Waals surface area contributed by atoms with Crippen molar-refractivity contribution in [3.05, 3.63) is 18.0 Å². The van der Waals surface area contributed by atoms with Gasteiger partial charge in [0, 0.05) is 45.5 Å². The van der Waals surface area contributed by atoms with Crippen molar-refractivity contribution in [3.63, 3.8) is 0 Å². The summed E-state index contributed by atoms with van der Waals surface area (Å²) in [6, 6.07) is 0.752. The minimum Gasteiger partial charge on any atom is -0.356 e. The number of hydrogen-bond acceptors (Lipinski definition) is 3. The van der Waals surface area contributed by atoms with Crippen molar-refractivity contribution >= 4 is 29.9 Å². The molecule has 1 aliphatic heterocycles. The van der Waals surface area contributed by atoms with Crippen LogP contribution in [0, 0.1) is 6.92 Å². The van der Waals surface area contributed by atoms with E-state index < -0.39 is 0 Å². The molecule has 1 unspecified atom stereocenters. The predicted molar refractivity (Wildman–Crippen MR) is 116 cm³/mol. The molecule has 0 radical (unpaired) electrons. The number of nitrogens with zero attached hydrogens (tertiary/aromatic N) is 4. The van der Waals surface area contributed by atoms with Gasteiger partial charge in [0.15, 0.2) is 5.96 Å². The molecule has 1 saturated heterocycles. The van der Waals surface area contributed by atoms with Crippen LogP contribution in [0.2, 0.25) is 0 Å². The number of aliphatic imine (C=N–C) groups is 1. The fraction of sp³-hybridized carbons (Fsp3) is 0.778. The highest BCUT2D eigenvalue weighted by molar-refractivity contribution is 14.0. The number of aromatic nitrogens is 2. The van der Waals surface area contributed by atoms with Gasteiger partial charge < -0.3 is 15.5 Å². The summed E-state index contributed by atoms with van der Waals surface area (Å²) >= 11 is 0. The molecule has 0 aromatic carbocycles. The van der Waals surface area contributed by atoms with E-state index in [1.165, 1.54) is 37.9 Å². The topological polar surface area (TPSA) is 57.5 Å². The SMILES string of the molecule is CN=C(NCCCN1CCCCC1C)NCCCn1cc(C)cn1.I. The molecule has 144 valence electrons. The van der Waals surface area contributed by atoms with Crippen LogP contribution >= 0.6 is 24.0 Å². The third-order valence-corrected chi connectivity index (χ3v) is 4.70. The van der Waals surface area contributed by atoms with Crippen molar-refractivity contribution in [1.29, 1.82) is 0 Å². The van der Waals surface area contributed by atoms with Crippen LogP contribution in [0.4, 0.5) is 0 Å². The average Bonchev–Trinajstić information content (AvgIpc) is 3.00. The Kier molecular flexibility index (Phi) is 11.1. The van der Waals surface area contributed by atoms with Crippen molar-refractivity contribution in [2.45, 2.75) is 58.5 Å². The number of likely N-dealkylation sites (tertiary alicyclic amines) is 1. The molecule has 2 rings (SSSR count). The summed E-state index contributed by atoms with van der Waals surface area (Å²) < 4.78 is 1.99. The van der Waals surface area contributed by atoms with Gasteiger partial charge >= 0.3 is 0 Å². The monoisotopic (exact) mass is 462 g/mol. The van der Waals surface area contributed by atoms with Crippen LogP contribution in [0.1, 0.15) is 44.6 Å². The largest absolute Gasteiger partial charge is 0.356 e. The van der Waals surface area contributed by atoms with E-state index in [2.05, 4.69) is 45.7 Å². The number of nitrogens with one attached hydrogen (secondary N) is 2. The molecule has 25 heavy (non-hydrogen) atoms. The highest BCUT2D eigenvalue weighted by atomic mass is 127. The summed E-state index contributed by atoms with van der Waals surface area (Å²) in [4.78, 5) is 6.91. The lowest BCUT2D eigenvalue weighted by Gasteiger charge is -2.33. The maximum absolute atomic E-state index is 4.30. The van der Waals surface area contributed by atoms with Crippen LogP contribution < -0.4 is 10.6 Å². The Bertz CT molecular complexity index is 502. The van der Waals surface area contributed by atoms with Crippen LogP contribution in [0.5, 0.6) is 0 Å². The van der Waals surface area contributed by atoms with E-state index in [4.69, 9.17) is 0 Å². The first-order valence-corrected chi connectivity index (χ1v) is 9.36. The molecule has 1 fully saturated rings. The molecule has 2 N–H and O–H groups in total. The van der Waals surface area contributed by atoms with E-state index in [0.717, 1.165) is 44.5 Å². The van der Waals surface area contributed by atoms with E-state index in [9.17, 15) is 0 Å². The minimum absolute atomic E-state index is 0. The lowest BCUT2D eigenvalue weighted by Crippen LogP contribution is -2.41. The third-order valence-electron chi connectivity index (χ3n) is 4.70. The van der Waals surface area contributed by atoms with Crippen molar-refractivity contribution in [1.82, 2.24) is 25.3 Å². The van der Waals surface area contributed by atoms with Crippen molar-refractivity contribution in [3.8, 4) is 0 Å². The third kappa shape index (κ3) is 8.40. The first-order valence-electron chi connectivity index (χ1n) is 9.36. The number of aryl methyl sites for hydroxylation is 2. The Hall–Kier alpha value is -0.830. The molecule has 0 bridgehead atoms. The first kappa shape index (κ1) is 22.2. The maximum Gasteiger partial charge on any atom is 0.190 e. The van der Waals surface area contributed by atoms with E-state index in [0.29, 0.717) is 0 Å².